The van der Waals surface area contributed by atoms with Crippen LogP contribution in [0.2, 0.25) is 0 Å². The fourth-order valence-corrected chi connectivity index (χ4v) is 5.92. The molecule has 0 fully saturated rings. The zero-order valence-corrected chi connectivity index (χ0v) is 34.1. The minimum absolute atomic E-state index is 0.0402. The third kappa shape index (κ3) is 39.0. The highest BCUT2D eigenvalue weighted by Crippen LogP contribution is 2.43. The van der Waals surface area contributed by atoms with E-state index in [4.69, 9.17) is 24.3 Å². The van der Waals surface area contributed by atoms with E-state index >= 15 is 0 Å². The standard InChI is InChI=1S/C43H74NO8P/c1-3-5-7-9-11-13-15-17-19-20-22-23-25-27-29-31-33-35-42(45)49-39-41(40-51-53(47,48)50-38-37-44)52-43(46)36-34-32-30-28-26-24-21-18-16-14-12-10-8-6-4-2/h6,8,10,12,14,16,18,21-23,27,29,41H,3-5,7,9,11,13,15,17,19-20,24-26,28,30-40,44H2,1-2H3,(H,47,48)/b8-6+,12-10+,16-14+,21-18+,23-22+,29-27+/t41-/m1/s1. The molecule has 0 spiro atoms. The Labute approximate surface area is 322 Å². The number of unbranched alkanes of at least 4 members (excludes halogenated alkanes) is 15. The molecule has 2 atom stereocenters. The molecule has 0 aliphatic heterocycles. The smallest absolute Gasteiger partial charge is 0.462 e. The van der Waals surface area contributed by atoms with Crippen LogP contribution in [0.25, 0.3) is 0 Å². The molecule has 1 unspecified atom stereocenters. The molecule has 0 aromatic heterocycles. The fraction of sp³-hybridized carbons (Fsp3) is 0.674. The Morgan fingerprint density at radius 1 is 0.604 bits per heavy atom. The molecule has 304 valence electrons. The fourth-order valence-electron chi connectivity index (χ4n) is 5.15. The van der Waals surface area contributed by atoms with Gasteiger partial charge in [-0.2, -0.15) is 0 Å². The molecule has 0 heterocycles. The molecule has 0 bridgehead atoms. The van der Waals surface area contributed by atoms with E-state index in [2.05, 4.69) is 56.4 Å². The summed E-state index contributed by atoms with van der Waals surface area (Å²) in [5.41, 5.74) is 5.33. The number of carbonyl (C=O) groups is 2. The molecular formula is C43H74NO8P. The maximum absolute atomic E-state index is 12.5. The molecular weight excluding hydrogens is 689 g/mol. The lowest BCUT2D eigenvalue weighted by Gasteiger charge is -2.19. The van der Waals surface area contributed by atoms with Crippen molar-refractivity contribution in [3.63, 3.8) is 0 Å². The second-order valence-electron chi connectivity index (χ2n) is 13.2. The first-order valence-corrected chi connectivity index (χ1v) is 22.0. The first-order chi connectivity index (χ1) is 25.8. The van der Waals surface area contributed by atoms with Crippen molar-refractivity contribution in [1.29, 1.82) is 0 Å². The lowest BCUT2D eigenvalue weighted by molar-refractivity contribution is -0.161. The summed E-state index contributed by atoms with van der Waals surface area (Å²) in [6.45, 7) is 3.50. The molecule has 0 amide bonds. The lowest BCUT2D eigenvalue weighted by atomic mass is 10.1. The van der Waals surface area contributed by atoms with E-state index in [1.54, 1.807) is 0 Å². The average Bonchev–Trinajstić information content (AvgIpc) is 3.14. The number of phosphoric ester groups is 1. The van der Waals surface area contributed by atoms with Crippen molar-refractivity contribution < 1.29 is 37.6 Å². The van der Waals surface area contributed by atoms with Gasteiger partial charge in [0.15, 0.2) is 6.10 Å². The van der Waals surface area contributed by atoms with E-state index in [1.165, 1.54) is 57.8 Å². The van der Waals surface area contributed by atoms with Gasteiger partial charge in [-0.15, -0.1) is 0 Å². The van der Waals surface area contributed by atoms with Crippen LogP contribution in [0.3, 0.4) is 0 Å². The number of phosphoric acid groups is 1. The van der Waals surface area contributed by atoms with E-state index in [1.807, 2.05) is 30.4 Å². The van der Waals surface area contributed by atoms with Crippen molar-refractivity contribution in [3.8, 4) is 0 Å². The van der Waals surface area contributed by atoms with Crippen LogP contribution in [-0.2, 0) is 32.7 Å². The number of esters is 2. The highest BCUT2D eigenvalue weighted by molar-refractivity contribution is 7.47. The van der Waals surface area contributed by atoms with Crippen molar-refractivity contribution in [3.05, 3.63) is 72.9 Å². The van der Waals surface area contributed by atoms with Crippen LogP contribution in [-0.4, -0.2) is 49.3 Å². The van der Waals surface area contributed by atoms with Gasteiger partial charge in [0.05, 0.1) is 13.2 Å². The van der Waals surface area contributed by atoms with Crippen molar-refractivity contribution in [1.82, 2.24) is 0 Å². The van der Waals surface area contributed by atoms with Gasteiger partial charge in [0.25, 0.3) is 0 Å². The highest BCUT2D eigenvalue weighted by atomic mass is 31.2. The first-order valence-electron chi connectivity index (χ1n) is 20.5. The summed E-state index contributed by atoms with van der Waals surface area (Å²) in [4.78, 5) is 34.8. The first kappa shape index (κ1) is 50.5. The van der Waals surface area contributed by atoms with E-state index < -0.39 is 32.5 Å². The van der Waals surface area contributed by atoms with Gasteiger partial charge in [0.1, 0.15) is 6.61 Å². The summed E-state index contributed by atoms with van der Waals surface area (Å²) >= 11 is 0. The Morgan fingerprint density at radius 3 is 1.75 bits per heavy atom. The normalized spacial score (nSPS) is 14.1. The minimum Gasteiger partial charge on any atom is -0.462 e. The van der Waals surface area contributed by atoms with Crippen LogP contribution in [0.15, 0.2) is 72.9 Å². The van der Waals surface area contributed by atoms with Gasteiger partial charge < -0.3 is 20.1 Å². The topological polar surface area (TPSA) is 134 Å². The summed E-state index contributed by atoms with van der Waals surface area (Å²) in [5, 5.41) is 0. The molecule has 0 aliphatic carbocycles. The largest absolute Gasteiger partial charge is 0.472 e. The third-order valence-electron chi connectivity index (χ3n) is 8.17. The predicted molar refractivity (Wildman–Crippen MR) is 219 cm³/mol. The summed E-state index contributed by atoms with van der Waals surface area (Å²) in [6, 6.07) is 0. The summed E-state index contributed by atoms with van der Waals surface area (Å²) in [7, 11) is -4.39. The van der Waals surface area contributed by atoms with E-state index in [0.717, 1.165) is 57.8 Å². The molecule has 0 aliphatic rings. The SMILES string of the molecule is CC/C=C/C=C/C=C/C=C/CCCCCCCC(=O)O[C@H](COC(=O)CCC/C=C/C/C=C/CCCCCCCCCCC)COP(=O)(O)OCCN. The number of rotatable bonds is 37. The molecule has 0 aromatic carbocycles. The zero-order valence-electron chi connectivity index (χ0n) is 33.2. The van der Waals surface area contributed by atoms with Crippen LogP contribution < -0.4 is 5.73 Å². The van der Waals surface area contributed by atoms with Crippen molar-refractivity contribution >= 4 is 19.8 Å². The predicted octanol–water partition coefficient (Wildman–Crippen LogP) is 11.5. The minimum atomic E-state index is -4.39. The average molecular weight is 764 g/mol. The van der Waals surface area contributed by atoms with Gasteiger partial charge in [-0.05, 0) is 57.8 Å². The Bertz CT molecular complexity index is 1100. The van der Waals surface area contributed by atoms with Crippen molar-refractivity contribution in [2.75, 3.05) is 26.4 Å². The van der Waals surface area contributed by atoms with Gasteiger partial charge in [0, 0.05) is 19.4 Å². The van der Waals surface area contributed by atoms with E-state index in [-0.39, 0.29) is 32.6 Å². The van der Waals surface area contributed by atoms with Crippen LogP contribution in [0.5, 0.6) is 0 Å². The number of hydrogen-bond acceptors (Lipinski definition) is 8. The molecule has 0 saturated carbocycles. The molecule has 53 heavy (non-hydrogen) atoms. The number of allylic oxidation sites excluding steroid dienone is 12. The van der Waals surface area contributed by atoms with Gasteiger partial charge >= 0.3 is 19.8 Å². The van der Waals surface area contributed by atoms with Gasteiger partial charge in [-0.1, -0.05) is 157 Å². The van der Waals surface area contributed by atoms with Gasteiger partial charge in [-0.25, -0.2) is 4.57 Å². The Morgan fingerprint density at radius 2 is 1.13 bits per heavy atom. The van der Waals surface area contributed by atoms with E-state index in [9.17, 15) is 19.0 Å². The molecule has 0 radical (unpaired) electrons. The second kappa shape index (κ2) is 39.2. The lowest BCUT2D eigenvalue weighted by Crippen LogP contribution is -2.29. The molecule has 0 aromatic rings. The summed E-state index contributed by atoms with van der Waals surface area (Å²) < 4.78 is 32.6. The summed E-state index contributed by atoms with van der Waals surface area (Å²) in [5.74, 6) is -0.916. The Hall–Kier alpha value is -2.55. The molecule has 10 heteroatoms. The molecule has 3 N–H and O–H groups in total. The number of nitrogens with two attached hydrogens (primary N) is 1. The number of hydrogen-bond donors (Lipinski definition) is 2. The number of ether oxygens (including phenoxy) is 2. The quantitative estimate of drug-likeness (QED) is 0.0208. The summed E-state index contributed by atoms with van der Waals surface area (Å²) in [6.07, 6.45) is 46.5. The van der Waals surface area contributed by atoms with Crippen LogP contribution in [0.1, 0.15) is 155 Å². The van der Waals surface area contributed by atoms with Crippen molar-refractivity contribution in [2.45, 2.75) is 161 Å². The van der Waals surface area contributed by atoms with E-state index in [0.29, 0.717) is 12.8 Å². The maximum atomic E-state index is 12.5. The molecule has 0 saturated heterocycles. The highest BCUT2D eigenvalue weighted by Gasteiger charge is 2.25. The zero-order chi connectivity index (χ0) is 38.9. The van der Waals surface area contributed by atoms with Crippen LogP contribution >= 0.6 is 7.82 Å². The van der Waals surface area contributed by atoms with Crippen LogP contribution in [0.4, 0.5) is 0 Å². The van der Waals surface area contributed by atoms with Gasteiger partial charge in [0.2, 0.25) is 0 Å². The molecule has 9 nitrogen and oxygen atoms in total. The monoisotopic (exact) mass is 764 g/mol. The second-order valence-corrected chi connectivity index (χ2v) is 14.7. The van der Waals surface area contributed by atoms with Gasteiger partial charge in [-0.3, -0.25) is 18.6 Å². The van der Waals surface area contributed by atoms with Crippen molar-refractivity contribution in [2.24, 2.45) is 5.73 Å². The molecule has 0 rings (SSSR count). The Balaban J connectivity index is 4.30. The Kier molecular flexibility index (Phi) is 37.3. The third-order valence-corrected chi connectivity index (χ3v) is 9.16. The number of carbonyl (C=O) groups excluding carboxylic acids is 2. The maximum Gasteiger partial charge on any atom is 0.472 e. The van der Waals surface area contributed by atoms with Crippen LogP contribution in [0, 0.1) is 0 Å².